The van der Waals surface area contributed by atoms with Crippen LogP contribution in [0.25, 0.3) is 76.8 Å². The molecule has 0 amide bonds. The molecular weight excluding hydrogens is 759 g/mol. The number of hydrogen-bond acceptors (Lipinski definition) is 1. The third-order valence-corrected chi connectivity index (χ3v) is 13.5. The molecular formula is C62H43N. The van der Waals surface area contributed by atoms with Crippen molar-refractivity contribution in [1.29, 1.82) is 0 Å². The zero-order chi connectivity index (χ0) is 41.9. The lowest BCUT2D eigenvalue weighted by atomic mass is 9.74. The Kier molecular flexibility index (Phi) is 8.69. The first-order valence-electron chi connectivity index (χ1n) is 21.9. The van der Waals surface area contributed by atoms with Crippen molar-refractivity contribution >= 4 is 49.4 Å². The molecule has 0 bridgehead atoms. The molecule has 0 aromatic heterocycles. The fourth-order valence-corrected chi connectivity index (χ4v) is 10.5. The van der Waals surface area contributed by atoms with E-state index >= 15 is 0 Å². The summed E-state index contributed by atoms with van der Waals surface area (Å²) >= 11 is 0. The van der Waals surface area contributed by atoms with Gasteiger partial charge in [0.05, 0.1) is 5.69 Å². The molecule has 0 heterocycles. The maximum absolute atomic E-state index is 2.44. The van der Waals surface area contributed by atoms with Crippen molar-refractivity contribution in [2.45, 2.75) is 12.3 Å². The van der Waals surface area contributed by atoms with E-state index in [1.807, 2.05) is 0 Å². The Hall–Kier alpha value is -8.00. The van der Waals surface area contributed by atoms with Gasteiger partial charge in [-0.05, 0) is 131 Å². The summed E-state index contributed by atoms with van der Waals surface area (Å²) in [5, 5.41) is 7.46. The van der Waals surface area contributed by atoms with Crippen LogP contribution in [0.3, 0.4) is 0 Å². The molecule has 0 radical (unpaired) electrons. The van der Waals surface area contributed by atoms with Crippen LogP contribution in [0.2, 0.25) is 0 Å². The van der Waals surface area contributed by atoms with Crippen molar-refractivity contribution < 1.29 is 0 Å². The highest BCUT2D eigenvalue weighted by molar-refractivity contribution is 6.22. The molecule has 1 aliphatic carbocycles. The third-order valence-electron chi connectivity index (χ3n) is 13.5. The van der Waals surface area contributed by atoms with E-state index in [0.717, 1.165) is 17.1 Å². The monoisotopic (exact) mass is 801 g/mol. The lowest BCUT2D eigenvalue weighted by Crippen LogP contribution is -2.22. The van der Waals surface area contributed by atoms with Crippen molar-refractivity contribution in [2.75, 3.05) is 4.90 Å². The van der Waals surface area contributed by atoms with Gasteiger partial charge in [0.15, 0.2) is 0 Å². The lowest BCUT2D eigenvalue weighted by molar-refractivity contribution is 0.714. The van der Waals surface area contributed by atoms with E-state index in [4.69, 9.17) is 0 Å². The Labute approximate surface area is 368 Å². The molecule has 0 N–H and O–H groups in total. The number of nitrogens with zero attached hydrogens (tertiary/aromatic N) is 1. The van der Waals surface area contributed by atoms with E-state index < -0.39 is 0 Å². The predicted octanol–water partition coefficient (Wildman–Crippen LogP) is 17.0. The number of benzene rings is 11. The second kappa shape index (κ2) is 14.9. The summed E-state index contributed by atoms with van der Waals surface area (Å²) in [7, 11) is 0. The van der Waals surface area contributed by atoms with Crippen molar-refractivity contribution in [3.63, 3.8) is 0 Å². The molecule has 1 aliphatic rings. The molecule has 296 valence electrons. The van der Waals surface area contributed by atoms with Gasteiger partial charge in [-0.25, -0.2) is 0 Å². The summed E-state index contributed by atoms with van der Waals surface area (Å²) < 4.78 is 0. The number of fused-ring (bicyclic) bond motifs is 7. The van der Waals surface area contributed by atoms with E-state index in [1.165, 1.54) is 93.5 Å². The van der Waals surface area contributed by atoms with Crippen LogP contribution in [-0.4, -0.2) is 0 Å². The third kappa shape index (κ3) is 5.92. The maximum atomic E-state index is 2.44. The van der Waals surface area contributed by atoms with Crippen LogP contribution in [-0.2, 0) is 5.41 Å². The highest BCUT2D eigenvalue weighted by Crippen LogP contribution is 2.54. The van der Waals surface area contributed by atoms with Crippen molar-refractivity contribution in [3.8, 4) is 44.5 Å². The summed E-state index contributed by atoms with van der Waals surface area (Å²) in [6.07, 6.45) is 0. The first-order chi connectivity index (χ1) is 31.1. The van der Waals surface area contributed by atoms with Crippen LogP contribution >= 0.6 is 0 Å². The zero-order valence-electron chi connectivity index (χ0n) is 35.0. The molecule has 1 nitrogen and oxygen atoms in total. The van der Waals surface area contributed by atoms with Gasteiger partial charge in [0.25, 0.3) is 0 Å². The van der Waals surface area contributed by atoms with E-state index in [0.29, 0.717) is 0 Å². The standard InChI is InChI=1S/C62H43N/c1-62(47-24-9-4-10-25-47)57-30-16-15-28-53(57)55-41-49(37-39-58(55)62)63(59-31-17-23-43-18-11-12-26-50(43)59)48-35-32-42(33-36-48)46-34-38-52-51-27-13-14-29-54(51)60(44-19-5-2-6-20-44)61(56(52)40-46)45-21-7-3-8-22-45/h2-41H,1H3. The van der Waals surface area contributed by atoms with Gasteiger partial charge in [-0.1, -0.05) is 206 Å². The average molecular weight is 802 g/mol. The molecule has 0 aliphatic heterocycles. The molecule has 0 fully saturated rings. The first kappa shape index (κ1) is 36.8. The van der Waals surface area contributed by atoms with Crippen LogP contribution in [0.1, 0.15) is 23.6 Å². The molecule has 0 spiro atoms. The minimum atomic E-state index is -0.258. The summed E-state index contributed by atoms with van der Waals surface area (Å²) in [6, 6.07) is 89.3. The van der Waals surface area contributed by atoms with Gasteiger partial charge < -0.3 is 4.90 Å². The van der Waals surface area contributed by atoms with Gasteiger partial charge in [0.1, 0.15) is 0 Å². The van der Waals surface area contributed by atoms with Gasteiger partial charge >= 0.3 is 0 Å². The molecule has 1 heteroatoms. The van der Waals surface area contributed by atoms with Crippen LogP contribution in [0.4, 0.5) is 17.1 Å². The summed E-state index contributed by atoms with van der Waals surface area (Å²) in [5.74, 6) is 0. The highest BCUT2D eigenvalue weighted by atomic mass is 15.1. The Balaban J connectivity index is 1.03. The minimum absolute atomic E-state index is 0.258. The Morgan fingerprint density at radius 3 is 1.60 bits per heavy atom. The molecule has 11 aromatic carbocycles. The lowest BCUT2D eigenvalue weighted by Gasteiger charge is -2.30. The van der Waals surface area contributed by atoms with E-state index in [9.17, 15) is 0 Å². The molecule has 12 rings (SSSR count). The number of hydrogen-bond donors (Lipinski definition) is 0. The largest absolute Gasteiger partial charge is 0.310 e. The van der Waals surface area contributed by atoms with Gasteiger partial charge in [-0.15, -0.1) is 0 Å². The topological polar surface area (TPSA) is 3.24 Å². The fraction of sp³-hybridized carbons (Fsp3) is 0.0323. The van der Waals surface area contributed by atoms with E-state index in [2.05, 4.69) is 254 Å². The van der Waals surface area contributed by atoms with Gasteiger partial charge in [0, 0.05) is 22.2 Å². The summed E-state index contributed by atoms with van der Waals surface area (Å²) in [5.41, 5.74) is 17.0. The van der Waals surface area contributed by atoms with Crippen LogP contribution in [0.5, 0.6) is 0 Å². The Morgan fingerprint density at radius 1 is 0.317 bits per heavy atom. The Morgan fingerprint density at radius 2 is 0.857 bits per heavy atom. The van der Waals surface area contributed by atoms with E-state index in [-0.39, 0.29) is 5.41 Å². The molecule has 1 atom stereocenters. The van der Waals surface area contributed by atoms with Gasteiger partial charge in [-0.2, -0.15) is 0 Å². The van der Waals surface area contributed by atoms with Crippen LogP contribution < -0.4 is 4.90 Å². The second-order valence-corrected chi connectivity index (χ2v) is 16.9. The molecule has 1 unspecified atom stereocenters. The fourth-order valence-electron chi connectivity index (χ4n) is 10.5. The van der Waals surface area contributed by atoms with Gasteiger partial charge in [-0.3, -0.25) is 0 Å². The van der Waals surface area contributed by atoms with E-state index in [1.54, 1.807) is 0 Å². The highest BCUT2D eigenvalue weighted by Gasteiger charge is 2.41. The second-order valence-electron chi connectivity index (χ2n) is 16.9. The molecule has 0 saturated heterocycles. The molecule has 0 saturated carbocycles. The first-order valence-corrected chi connectivity index (χ1v) is 21.9. The summed E-state index contributed by atoms with van der Waals surface area (Å²) in [6.45, 7) is 2.38. The normalized spacial score (nSPS) is 14.2. The van der Waals surface area contributed by atoms with Crippen molar-refractivity contribution in [3.05, 3.63) is 259 Å². The maximum Gasteiger partial charge on any atom is 0.0540 e. The number of anilines is 3. The zero-order valence-corrected chi connectivity index (χ0v) is 35.0. The quantitative estimate of drug-likeness (QED) is 0.145. The van der Waals surface area contributed by atoms with Crippen molar-refractivity contribution in [1.82, 2.24) is 0 Å². The SMILES string of the molecule is CC1(c2ccccc2)c2ccccc2-c2cc(N(c3ccc(-c4ccc5c(c4)c(-c4ccccc4)c(-c4ccccc4)c4ccccc45)cc3)c3cccc4ccccc34)ccc21. The van der Waals surface area contributed by atoms with Crippen LogP contribution in [0, 0.1) is 0 Å². The molecule has 11 aromatic rings. The van der Waals surface area contributed by atoms with Crippen molar-refractivity contribution in [2.24, 2.45) is 0 Å². The minimum Gasteiger partial charge on any atom is -0.310 e. The molecule has 63 heavy (non-hydrogen) atoms. The Bertz CT molecular complexity index is 3490. The smallest absolute Gasteiger partial charge is 0.0540 e. The number of rotatable bonds is 7. The van der Waals surface area contributed by atoms with Crippen LogP contribution in [0.15, 0.2) is 243 Å². The summed E-state index contributed by atoms with van der Waals surface area (Å²) in [4.78, 5) is 2.44. The average Bonchev–Trinajstić information content (AvgIpc) is 3.62. The predicted molar refractivity (Wildman–Crippen MR) is 267 cm³/mol. The van der Waals surface area contributed by atoms with Gasteiger partial charge in [0.2, 0.25) is 0 Å².